The highest BCUT2D eigenvalue weighted by Crippen LogP contribution is 2.34. The van der Waals surface area contributed by atoms with Gasteiger partial charge in [0.1, 0.15) is 17.2 Å². The molecule has 4 aromatic rings. The van der Waals surface area contributed by atoms with Gasteiger partial charge in [-0.1, -0.05) is 23.9 Å². The van der Waals surface area contributed by atoms with Crippen LogP contribution in [0.5, 0.6) is 17.2 Å². The average molecular weight is 459 g/mol. The molecule has 4 rings (SSSR count). The van der Waals surface area contributed by atoms with E-state index >= 15 is 0 Å². The van der Waals surface area contributed by atoms with E-state index in [0.29, 0.717) is 28.6 Å². The van der Waals surface area contributed by atoms with Gasteiger partial charge in [0, 0.05) is 23.1 Å². The molecule has 0 atom stereocenters. The molecule has 1 heterocycles. The van der Waals surface area contributed by atoms with E-state index in [0.717, 1.165) is 27.7 Å². The number of nitrogens with zero attached hydrogens (tertiary/aromatic N) is 4. The van der Waals surface area contributed by atoms with Gasteiger partial charge in [0.2, 0.25) is 0 Å². The summed E-state index contributed by atoms with van der Waals surface area (Å²) in [4.78, 5) is 0. The van der Waals surface area contributed by atoms with Gasteiger partial charge in [-0.15, -0.1) is 10.2 Å². The lowest BCUT2D eigenvalue weighted by Crippen LogP contribution is -2.00. The Labute approximate surface area is 196 Å². The zero-order valence-electron chi connectivity index (χ0n) is 18.5. The van der Waals surface area contributed by atoms with Crippen LogP contribution in [-0.2, 0) is 5.75 Å². The molecule has 0 N–H and O–H groups in total. The van der Waals surface area contributed by atoms with Crippen LogP contribution in [0.1, 0.15) is 11.1 Å². The van der Waals surface area contributed by atoms with Gasteiger partial charge in [0.05, 0.1) is 33.0 Å². The molecule has 7 nitrogen and oxygen atoms in total. The first-order valence-electron chi connectivity index (χ1n) is 10.1. The second kappa shape index (κ2) is 10.1. The third kappa shape index (κ3) is 4.94. The fourth-order valence-corrected chi connectivity index (χ4v) is 4.18. The Bertz CT molecular complexity index is 1260. The lowest BCUT2D eigenvalue weighted by molar-refractivity contribution is 0.394. The summed E-state index contributed by atoms with van der Waals surface area (Å²) in [5.41, 5.74) is 3.45. The van der Waals surface area contributed by atoms with Crippen LogP contribution >= 0.6 is 11.8 Å². The molecule has 0 saturated heterocycles. The average Bonchev–Trinajstić information content (AvgIpc) is 3.31. The molecule has 8 heteroatoms. The summed E-state index contributed by atoms with van der Waals surface area (Å²) in [6, 6.07) is 23.0. The zero-order chi connectivity index (χ0) is 23.2. The van der Waals surface area contributed by atoms with Gasteiger partial charge in [-0.05, 0) is 54.1 Å². The first-order chi connectivity index (χ1) is 16.1. The van der Waals surface area contributed by atoms with Gasteiger partial charge in [-0.3, -0.25) is 4.57 Å². The van der Waals surface area contributed by atoms with Gasteiger partial charge in [-0.2, -0.15) is 5.26 Å². The maximum atomic E-state index is 9.02. The van der Waals surface area contributed by atoms with Gasteiger partial charge < -0.3 is 14.2 Å². The highest BCUT2D eigenvalue weighted by atomic mass is 32.2. The van der Waals surface area contributed by atoms with E-state index in [1.807, 2.05) is 71.3 Å². The predicted octanol–water partition coefficient (Wildman–Crippen LogP) is 5.12. The summed E-state index contributed by atoms with van der Waals surface area (Å²) in [6.07, 6.45) is 0. The third-order valence-corrected chi connectivity index (χ3v) is 6.02. The van der Waals surface area contributed by atoms with E-state index in [1.54, 1.807) is 33.1 Å². The van der Waals surface area contributed by atoms with Crippen molar-refractivity contribution in [3.8, 4) is 40.4 Å². The second-order valence-corrected chi connectivity index (χ2v) is 7.98. The SMILES string of the molecule is COc1ccc(-n2c(SCc3ccc(C#N)cc3)nnc2-c2cc(OC)cc(OC)c2)cc1. The molecule has 0 unspecified atom stereocenters. The van der Waals surface area contributed by atoms with Gasteiger partial charge >= 0.3 is 0 Å². The van der Waals surface area contributed by atoms with Crippen LogP contribution in [0, 0.1) is 11.3 Å². The van der Waals surface area contributed by atoms with Crippen molar-refractivity contribution < 1.29 is 14.2 Å². The van der Waals surface area contributed by atoms with Crippen molar-refractivity contribution in [1.82, 2.24) is 14.8 Å². The second-order valence-electron chi connectivity index (χ2n) is 7.04. The van der Waals surface area contributed by atoms with E-state index in [4.69, 9.17) is 19.5 Å². The molecule has 0 spiro atoms. The first kappa shape index (κ1) is 22.2. The fourth-order valence-electron chi connectivity index (χ4n) is 3.27. The molecular weight excluding hydrogens is 436 g/mol. The number of thioether (sulfide) groups is 1. The molecule has 0 aliphatic rings. The number of methoxy groups -OCH3 is 3. The maximum absolute atomic E-state index is 9.02. The van der Waals surface area contributed by atoms with Gasteiger partial charge in [0.15, 0.2) is 11.0 Å². The summed E-state index contributed by atoms with van der Waals surface area (Å²) in [5.74, 6) is 3.45. The van der Waals surface area contributed by atoms with Crippen LogP contribution in [0.25, 0.3) is 17.1 Å². The van der Waals surface area contributed by atoms with Crippen molar-refractivity contribution in [3.05, 3.63) is 77.9 Å². The van der Waals surface area contributed by atoms with Gasteiger partial charge in [-0.25, -0.2) is 0 Å². The fraction of sp³-hybridized carbons (Fsp3) is 0.160. The van der Waals surface area contributed by atoms with Crippen LogP contribution in [0.2, 0.25) is 0 Å². The van der Waals surface area contributed by atoms with Crippen LogP contribution in [0.4, 0.5) is 0 Å². The van der Waals surface area contributed by atoms with Crippen LogP contribution in [-0.4, -0.2) is 36.1 Å². The summed E-state index contributed by atoms with van der Waals surface area (Å²) in [5, 5.41) is 18.7. The number of nitriles is 1. The van der Waals surface area contributed by atoms with Gasteiger partial charge in [0.25, 0.3) is 0 Å². The number of aromatic nitrogens is 3. The largest absolute Gasteiger partial charge is 0.497 e. The van der Waals surface area contributed by atoms with E-state index in [2.05, 4.69) is 16.3 Å². The van der Waals surface area contributed by atoms with E-state index in [1.165, 1.54) is 0 Å². The van der Waals surface area contributed by atoms with Crippen molar-refractivity contribution in [2.24, 2.45) is 0 Å². The molecule has 0 aliphatic heterocycles. The van der Waals surface area contributed by atoms with Crippen molar-refractivity contribution in [3.63, 3.8) is 0 Å². The van der Waals surface area contributed by atoms with E-state index < -0.39 is 0 Å². The molecule has 0 fully saturated rings. The van der Waals surface area contributed by atoms with Crippen LogP contribution in [0.15, 0.2) is 71.9 Å². The lowest BCUT2D eigenvalue weighted by Gasteiger charge is -2.13. The summed E-state index contributed by atoms with van der Waals surface area (Å²) in [6.45, 7) is 0. The minimum atomic E-state index is 0.638. The third-order valence-electron chi connectivity index (χ3n) is 5.02. The molecule has 0 bridgehead atoms. The number of ether oxygens (including phenoxy) is 3. The highest BCUT2D eigenvalue weighted by Gasteiger charge is 2.18. The molecule has 0 amide bonds. The Kier molecular flexibility index (Phi) is 6.81. The zero-order valence-corrected chi connectivity index (χ0v) is 19.3. The lowest BCUT2D eigenvalue weighted by atomic mass is 10.1. The summed E-state index contributed by atoms with van der Waals surface area (Å²) < 4.78 is 18.2. The number of hydrogen-bond donors (Lipinski definition) is 0. The molecule has 166 valence electrons. The predicted molar refractivity (Wildman–Crippen MR) is 127 cm³/mol. The number of rotatable bonds is 8. The normalized spacial score (nSPS) is 10.5. The molecule has 1 aromatic heterocycles. The molecule has 0 aliphatic carbocycles. The van der Waals surface area contributed by atoms with Crippen molar-refractivity contribution >= 4 is 11.8 Å². The Morgan fingerprint density at radius 2 is 1.45 bits per heavy atom. The monoisotopic (exact) mass is 458 g/mol. The number of benzene rings is 3. The minimum Gasteiger partial charge on any atom is -0.497 e. The van der Waals surface area contributed by atoms with Crippen molar-refractivity contribution in [2.45, 2.75) is 10.9 Å². The minimum absolute atomic E-state index is 0.638. The quantitative estimate of drug-likeness (QED) is 0.339. The molecule has 3 aromatic carbocycles. The summed E-state index contributed by atoms with van der Waals surface area (Å²) in [7, 11) is 4.87. The van der Waals surface area contributed by atoms with E-state index in [-0.39, 0.29) is 0 Å². The molecule has 0 radical (unpaired) electrons. The summed E-state index contributed by atoms with van der Waals surface area (Å²) >= 11 is 1.57. The van der Waals surface area contributed by atoms with Crippen molar-refractivity contribution in [2.75, 3.05) is 21.3 Å². The van der Waals surface area contributed by atoms with E-state index in [9.17, 15) is 0 Å². The molecule has 33 heavy (non-hydrogen) atoms. The topological polar surface area (TPSA) is 82.2 Å². The smallest absolute Gasteiger partial charge is 0.196 e. The highest BCUT2D eigenvalue weighted by molar-refractivity contribution is 7.98. The molecular formula is C25H22N4O3S. The Morgan fingerprint density at radius 3 is 2.03 bits per heavy atom. The Morgan fingerprint density at radius 1 is 0.818 bits per heavy atom. The number of hydrogen-bond acceptors (Lipinski definition) is 7. The maximum Gasteiger partial charge on any atom is 0.196 e. The first-order valence-corrected chi connectivity index (χ1v) is 11.1. The Hall–Kier alpha value is -3.96. The molecule has 0 saturated carbocycles. The van der Waals surface area contributed by atoms with Crippen molar-refractivity contribution in [1.29, 1.82) is 5.26 Å². The van der Waals surface area contributed by atoms with Crippen LogP contribution in [0.3, 0.4) is 0 Å². The van der Waals surface area contributed by atoms with Crippen LogP contribution < -0.4 is 14.2 Å². The standard InChI is InChI=1S/C25H22N4O3S/c1-30-21-10-8-20(9-11-21)29-24(19-12-22(31-2)14-23(13-19)32-3)27-28-25(29)33-16-18-6-4-17(15-26)5-7-18/h4-14H,16H2,1-3H3. The Balaban J connectivity index is 1.75.